The largest absolute Gasteiger partial charge is 0.391 e. The minimum Gasteiger partial charge on any atom is -0.391 e. The molecule has 1 saturated carbocycles. The minimum atomic E-state index is -0.283. The number of aromatic amines is 1. The van der Waals surface area contributed by atoms with E-state index in [1.54, 1.807) is 12.4 Å². The van der Waals surface area contributed by atoms with Crippen LogP contribution in [0.4, 0.5) is 0 Å². The maximum atomic E-state index is 10.3. The molecule has 6 heteroatoms. The van der Waals surface area contributed by atoms with E-state index in [4.69, 9.17) is 0 Å². The van der Waals surface area contributed by atoms with Gasteiger partial charge in [-0.3, -0.25) is 4.98 Å². The number of aromatic nitrogens is 4. The Morgan fingerprint density at radius 2 is 2.26 bits per heavy atom. The van der Waals surface area contributed by atoms with Gasteiger partial charge in [0.2, 0.25) is 0 Å². The van der Waals surface area contributed by atoms with E-state index in [1.165, 1.54) is 0 Å². The molecule has 4 rings (SSSR count). The van der Waals surface area contributed by atoms with Gasteiger partial charge in [0.15, 0.2) is 0 Å². The Bertz CT molecular complexity index is 733. The molecule has 3 atom stereocenters. The lowest BCUT2D eigenvalue weighted by atomic mass is 10.1. The Kier molecular flexibility index (Phi) is 3.85. The maximum absolute atomic E-state index is 10.3. The number of pyridine rings is 1. The Hall–Kier alpha value is -2.18. The van der Waals surface area contributed by atoms with Crippen molar-refractivity contribution >= 4 is 10.9 Å². The van der Waals surface area contributed by atoms with E-state index in [9.17, 15) is 5.11 Å². The summed E-state index contributed by atoms with van der Waals surface area (Å²) < 4.78 is 2.09. The van der Waals surface area contributed by atoms with Gasteiger partial charge in [-0.05, 0) is 30.9 Å². The summed E-state index contributed by atoms with van der Waals surface area (Å²) in [7, 11) is 0. The number of H-pyrrole nitrogens is 1. The number of aliphatic hydroxyl groups excluding tert-OH is 1. The van der Waals surface area contributed by atoms with Gasteiger partial charge in [0.05, 0.1) is 12.4 Å². The van der Waals surface area contributed by atoms with E-state index in [0.717, 1.165) is 42.5 Å². The average Bonchev–Trinajstić information content (AvgIpc) is 3.25. The van der Waals surface area contributed by atoms with Crippen molar-refractivity contribution < 1.29 is 5.11 Å². The van der Waals surface area contributed by atoms with Gasteiger partial charge in [0, 0.05) is 60.5 Å². The third-order valence-electron chi connectivity index (χ3n) is 4.69. The average molecular weight is 311 g/mol. The van der Waals surface area contributed by atoms with Crippen LogP contribution in [0, 0.1) is 5.92 Å². The van der Waals surface area contributed by atoms with Gasteiger partial charge in [-0.2, -0.15) is 0 Å². The smallest absolute Gasteiger partial charge is 0.0945 e. The fourth-order valence-corrected chi connectivity index (χ4v) is 3.55. The molecular formula is C17H21N5O. The highest BCUT2D eigenvalue weighted by molar-refractivity contribution is 5.79. The Balaban J connectivity index is 1.35. The van der Waals surface area contributed by atoms with Crippen LogP contribution in [0.5, 0.6) is 0 Å². The standard InChI is InChI=1S/C17H21N5O/c23-17-6-12(10-22-4-3-19-11-22)5-16(17)20-9-14-7-13-8-18-2-1-15(13)21-14/h1-4,7-8,11-12,16-17,20-21,23H,5-6,9-10H2/t12?,16-,17-/m1/s1. The Labute approximate surface area is 134 Å². The molecule has 0 aromatic carbocycles. The molecule has 120 valence electrons. The summed E-state index contributed by atoms with van der Waals surface area (Å²) in [6.45, 7) is 1.65. The van der Waals surface area contributed by atoms with Crippen LogP contribution in [-0.4, -0.2) is 36.8 Å². The van der Waals surface area contributed by atoms with Crippen molar-refractivity contribution in [1.29, 1.82) is 0 Å². The third kappa shape index (κ3) is 3.13. The second kappa shape index (κ2) is 6.14. The van der Waals surface area contributed by atoms with Crippen LogP contribution >= 0.6 is 0 Å². The van der Waals surface area contributed by atoms with Crippen molar-refractivity contribution in [1.82, 2.24) is 24.8 Å². The molecule has 0 bridgehead atoms. The van der Waals surface area contributed by atoms with Crippen LogP contribution < -0.4 is 5.32 Å². The van der Waals surface area contributed by atoms with Gasteiger partial charge < -0.3 is 20.0 Å². The number of nitrogens with one attached hydrogen (secondary N) is 2. The van der Waals surface area contributed by atoms with E-state index in [1.807, 2.05) is 24.8 Å². The molecule has 0 radical (unpaired) electrons. The zero-order valence-corrected chi connectivity index (χ0v) is 12.9. The molecule has 3 N–H and O–H groups in total. The molecule has 0 amide bonds. The molecule has 6 nitrogen and oxygen atoms in total. The summed E-state index contributed by atoms with van der Waals surface area (Å²) >= 11 is 0. The summed E-state index contributed by atoms with van der Waals surface area (Å²) in [5.74, 6) is 0.489. The lowest BCUT2D eigenvalue weighted by Gasteiger charge is -2.15. The van der Waals surface area contributed by atoms with E-state index in [-0.39, 0.29) is 12.1 Å². The van der Waals surface area contributed by atoms with Crippen molar-refractivity contribution in [3.63, 3.8) is 0 Å². The number of aliphatic hydroxyl groups is 1. The van der Waals surface area contributed by atoms with Gasteiger partial charge in [-0.1, -0.05) is 0 Å². The molecule has 3 aromatic rings. The van der Waals surface area contributed by atoms with Gasteiger partial charge in [0.25, 0.3) is 0 Å². The maximum Gasteiger partial charge on any atom is 0.0945 e. The van der Waals surface area contributed by atoms with Crippen molar-refractivity contribution in [2.45, 2.75) is 38.1 Å². The number of imidazole rings is 1. The van der Waals surface area contributed by atoms with Gasteiger partial charge >= 0.3 is 0 Å². The van der Waals surface area contributed by atoms with Crippen LogP contribution in [0.1, 0.15) is 18.5 Å². The van der Waals surface area contributed by atoms with Crippen molar-refractivity contribution in [3.05, 3.63) is 48.9 Å². The number of hydrogen-bond acceptors (Lipinski definition) is 4. The highest BCUT2D eigenvalue weighted by Crippen LogP contribution is 2.28. The van der Waals surface area contributed by atoms with Gasteiger partial charge in [-0.25, -0.2) is 4.98 Å². The second-order valence-electron chi connectivity index (χ2n) is 6.41. The lowest BCUT2D eigenvalue weighted by molar-refractivity contribution is 0.145. The number of fused-ring (bicyclic) bond motifs is 1. The van der Waals surface area contributed by atoms with Crippen molar-refractivity contribution in [2.75, 3.05) is 0 Å². The first-order valence-corrected chi connectivity index (χ1v) is 8.07. The van der Waals surface area contributed by atoms with Crippen LogP contribution in [0.25, 0.3) is 10.9 Å². The molecule has 1 unspecified atom stereocenters. The molecule has 1 aliphatic carbocycles. The highest BCUT2D eigenvalue weighted by Gasteiger charge is 2.32. The molecule has 1 fully saturated rings. The predicted molar refractivity (Wildman–Crippen MR) is 87.7 cm³/mol. The molecule has 0 saturated heterocycles. The predicted octanol–water partition coefficient (Wildman–Crippen LogP) is 1.69. The van der Waals surface area contributed by atoms with E-state index < -0.39 is 0 Å². The first-order chi connectivity index (χ1) is 11.3. The second-order valence-corrected chi connectivity index (χ2v) is 6.41. The Morgan fingerprint density at radius 3 is 3.09 bits per heavy atom. The zero-order chi connectivity index (χ0) is 15.6. The summed E-state index contributed by atoms with van der Waals surface area (Å²) in [6, 6.07) is 4.23. The zero-order valence-electron chi connectivity index (χ0n) is 12.9. The van der Waals surface area contributed by atoms with Crippen LogP contribution in [-0.2, 0) is 13.1 Å². The number of nitrogens with zero attached hydrogens (tertiary/aromatic N) is 3. The molecular weight excluding hydrogens is 290 g/mol. The first kappa shape index (κ1) is 14.4. The molecule has 0 spiro atoms. The van der Waals surface area contributed by atoms with E-state index in [0.29, 0.717) is 5.92 Å². The summed E-state index contributed by atoms with van der Waals surface area (Å²) in [5.41, 5.74) is 2.22. The number of hydrogen-bond donors (Lipinski definition) is 3. The molecule has 0 aliphatic heterocycles. The first-order valence-electron chi connectivity index (χ1n) is 8.07. The lowest BCUT2D eigenvalue weighted by Crippen LogP contribution is -2.35. The minimum absolute atomic E-state index is 0.146. The van der Waals surface area contributed by atoms with Crippen LogP contribution in [0.15, 0.2) is 43.2 Å². The summed E-state index contributed by atoms with van der Waals surface area (Å²) in [6.07, 6.45) is 10.8. The normalized spacial score (nSPS) is 24.5. The quantitative estimate of drug-likeness (QED) is 0.670. The summed E-state index contributed by atoms with van der Waals surface area (Å²) in [5, 5.41) is 14.9. The van der Waals surface area contributed by atoms with E-state index in [2.05, 4.69) is 30.9 Å². The molecule has 23 heavy (non-hydrogen) atoms. The van der Waals surface area contributed by atoms with Crippen LogP contribution in [0.3, 0.4) is 0 Å². The molecule has 3 heterocycles. The molecule has 3 aromatic heterocycles. The van der Waals surface area contributed by atoms with Crippen molar-refractivity contribution in [3.8, 4) is 0 Å². The molecule has 1 aliphatic rings. The van der Waals surface area contributed by atoms with Crippen molar-refractivity contribution in [2.24, 2.45) is 5.92 Å². The topological polar surface area (TPSA) is 78.8 Å². The summed E-state index contributed by atoms with van der Waals surface area (Å²) in [4.78, 5) is 11.6. The van der Waals surface area contributed by atoms with Gasteiger partial charge in [0.1, 0.15) is 0 Å². The SMILES string of the molecule is O[C@@H]1CC(Cn2ccnc2)C[C@H]1NCc1cc2cnccc2[nH]1. The fourth-order valence-electron chi connectivity index (χ4n) is 3.55. The Morgan fingerprint density at radius 1 is 1.30 bits per heavy atom. The van der Waals surface area contributed by atoms with Gasteiger partial charge in [-0.15, -0.1) is 0 Å². The van der Waals surface area contributed by atoms with E-state index >= 15 is 0 Å². The third-order valence-corrected chi connectivity index (χ3v) is 4.69. The monoisotopic (exact) mass is 311 g/mol. The highest BCUT2D eigenvalue weighted by atomic mass is 16.3. The number of rotatable bonds is 5. The van der Waals surface area contributed by atoms with Crippen LogP contribution in [0.2, 0.25) is 0 Å². The fraction of sp³-hybridized carbons (Fsp3) is 0.412.